The van der Waals surface area contributed by atoms with Crippen LogP contribution in [0.5, 0.6) is 0 Å². The highest BCUT2D eigenvalue weighted by atomic mass is 16.4. The third kappa shape index (κ3) is 5.30. The Morgan fingerprint density at radius 1 is 1.27 bits per heavy atom. The van der Waals surface area contributed by atoms with Gasteiger partial charge in [-0.15, -0.1) is 6.42 Å². The molecule has 0 bridgehead atoms. The molecule has 0 aliphatic heterocycles. The van der Waals surface area contributed by atoms with Crippen molar-refractivity contribution in [3.8, 4) is 12.3 Å². The Morgan fingerprint density at radius 2 is 2.03 bits per heavy atom. The summed E-state index contributed by atoms with van der Waals surface area (Å²) in [6.07, 6.45) is 6.48. The van der Waals surface area contributed by atoms with Gasteiger partial charge in [0.15, 0.2) is 0 Å². The maximum absolute atomic E-state index is 13.2. The van der Waals surface area contributed by atoms with Crippen LogP contribution < -0.4 is 15.8 Å². The molecule has 0 unspecified atom stereocenters. The molecular formula is C27H26N4O6. The molecule has 0 spiro atoms. The van der Waals surface area contributed by atoms with E-state index in [-0.39, 0.29) is 30.1 Å². The third-order valence-electron chi connectivity index (χ3n) is 6.48. The summed E-state index contributed by atoms with van der Waals surface area (Å²) < 4.78 is 0. The van der Waals surface area contributed by atoms with Gasteiger partial charge in [-0.1, -0.05) is 18.1 Å². The highest BCUT2D eigenvalue weighted by molar-refractivity contribution is 6.01. The predicted molar refractivity (Wildman–Crippen MR) is 137 cm³/mol. The number of nitrogens with one attached hydrogen (secondary N) is 2. The molecule has 2 atom stereocenters. The van der Waals surface area contributed by atoms with E-state index >= 15 is 0 Å². The monoisotopic (exact) mass is 502 g/mol. The van der Waals surface area contributed by atoms with Crippen molar-refractivity contribution in [2.24, 2.45) is 0 Å². The van der Waals surface area contributed by atoms with E-state index < -0.39 is 30.3 Å². The number of carbonyl (C=O) groups is 3. The minimum atomic E-state index is -1.36. The minimum Gasteiger partial charge on any atom is -0.481 e. The van der Waals surface area contributed by atoms with Gasteiger partial charge in [-0.2, -0.15) is 0 Å². The van der Waals surface area contributed by atoms with Gasteiger partial charge in [0.05, 0.1) is 34.7 Å². The van der Waals surface area contributed by atoms with Gasteiger partial charge in [-0.25, -0.2) is 9.78 Å². The van der Waals surface area contributed by atoms with Crippen LogP contribution in [0.2, 0.25) is 0 Å². The second kappa shape index (κ2) is 10.5. The number of nitrogens with zero attached hydrogens (tertiary/aromatic N) is 2. The summed E-state index contributed by atoms with van der Waals surface area (Å²) in [6, 6.07) is 8.86. The lowest BCUT2D eigenvalue weighted by atomic mass is 10.0. The van der Waals surface area contributed by atoms with Crippen molar-refractivity contribution in [1.29, 1.82) is 0 Å². The fourth-order valence-electron chi connectivity index (χ4n) is 4.80. The fraction of sp³-hybridized carbons (Fsp3) is 0.296. The summed E-state index contributed by atoms with van der Waals surface area (Å²) in [7, 11) is 0. The van der Waals surface area contributed by atoms with Crippen molar-refractivity contribution < 1.29 is 24.6 Å². The zero-order valence-corrected chi connectivity index (χ0v) is 20.2. The van der Waals surface area contributed by atoms with E-state index in [1.54, 1.807) is 31.2 Å². The van der Waals surface area contributed by atoms with Gasteiger partial charge in [0.1, 0.15) is 11.9 Å². The molecule has 0 saturated heterocycles. The molecule has 4 N–H and O–H groups in total. The van der Waals surface area contributed by atoms with Crippen LogP contribution in [0, 0.1) is 19.3 Å². The van der Waals surface area contributed by atoms with Crippen LogP contribution >= 0.6 is 0 Å². The Balaban J connectivity index is 1.71. The highest BCUT2D eigenvalue weighted by Gasteiger charge is 2.31. The lowest BCUT2D eigenvalue weighted by Gasteiger charge is -2.32. The lowest BCUT2D eigenvalue weighted by molar-refractivity contribution is -0.140. The second-order valence-corrected chi connectivity index (χ2v) is 8.92. The topological polar surface area (TPSA) is 153 Å². The number of carboxylic acid groups (broad SMARTS) is 2. The van der Waals surface area contributed by atoms with Crippen LogP contribution in [0.4, 0.5) is 5.69 Å². The molecular weight excluding hydrogens is 476 g/mol. The number of aliphatic carboxylic acids is 2. The van der Waals surface area contributed by atoms with Crippen molar-refractivity contribution in [2.75, 3.05) is 11.4 Å². The van der Waals surface area contributed by atoms with Crippen molar-refractivity contribution in [2.45, 2.75) is 44.7 Å². The number of hydrogen-bond acceptors (Lipinski definition) is 6. The summed E-state index contributed by atoms with van der Waals surface area (Å²) in [5.74, 6) is 0.0482. The molecule has 37 heavy (non-hydrogen) atoms. The maximum atomic E-state index is 13.2. The standard InChI is InChI=1S/C27H26N4O6/c1-3-12-31(23-10-8-16-13-21-19(14-18(16)23)26(35)29-15(2)28-21)22-7-5-4-6-17(22)25(34)30-20(27(36)37)9-11-24(32)33/h1,4-7,13-14,20,23H,8-12H2,2H3,(H,30,34)(H,32,33)(H,36,37)(H,28,29,35)/t20-,23+/m0/s1. The minimum absolute atomic E-state index is 0.163. The molecule has 3 aromatic rings. The molecule has 1 amide bonds. The van der Waals surface area contributed by atoms with Gasteiger partial charge in [-0.05, 0) is 61.6 Å². The molecule has 190 valence electrons. The normalized spacial score (nSPS) is 15.0. The zero-order chi connectivity index (χ0) is 26.7. The average molecular weight is 503 g/mol. The van der Waals surface area contributed by atoms with E-state index in [9.17, 15) is 24.3 Å². The molecule has 10 heteroatoms. The summed E-state index contributed by atoms with van der Waals surface area (Å²) in [5, 5.41) is 21.3. The van der Waals surface area contributed by atoms with Crippen LogP contribution in [0.15, 0.2) is 41.2 Å². The van der Waals surface area contributed by atoms with E-state index in [0.717, 1.165) is 17.5 Å². The van der Waals surface area contributed by atoms with Gasteiger partial charge >= 0.3 is 11.9 Å². The lowest BCUT2D eigenvalue weighted by Crippen LogP contribution is -2.42. The summed E-state index contributed by atoms with van der Waals surface area (Å²) in [4.78, 5) is 57.4. The van der Waals surface area contributed by atoms with Crippen LogP contribution in [-0.4, -0.2) is 50.6 Å². The molecule has 1 aromatic heterocycles. The second-order valence-electron chi connectivity index (χ2n) is 8.92. The Hall–Kier alpha value is -4.65. The number of fused-ring (bicyclic) bond motifs is 2. The van der Waals surface area contributed by atoms with Crippen molar-refractivity contribution >= 4 is 34.4 Å². The van der Waals surface area contributed by atoms with Gasteiger partial charge in [0.2, 0.25) is 0 Å². The summed E-state index contributed by atoms with van der Waals surface area (Å²) >= 11 is 0. The van der Waals surface area contributed by atoms with Crippen molar-refractivity contribution in [3.63, 3.8) is 0 Å². The molecule has 0 radical (unpaired) electrons. The quantitative estimate of drug-likeness (QED) is 0.326. The first-order valence-corrected chi connectivity index (χ1v) is 11.8. The van der Waals surface area contributed by atoms with Crippen LogP contribution in [0.3, 0.4) is 0 Å². The predicted octanol–water partition coefficient (Wildman–Crippen LogP) is 2.41. The molecule has 0 saturated carbocycles. The Bertz CT molecular complexity index is 1490. The van der Waals surface area contributed by atoms with Crippen LogP contribution in [0.1, 0.15) is 52.6 Å². The number of amides is 1. The SMILES string of the molecule is C#CCN(c1ccccc1C(=O)N[C@@H](CCC(=O)O)C(=O)O)[C@@H]1CCc2cc3nc(C)[nH]c(=O)c3cc21. The first-order valence-electron chi connectivity index (χ1n) is 11.8. The van der Waals surface area contributed by atoms with Gasteiger partial charge in [0.25, 0.3) is 11.5 Å². The van der Waals surface area contributed by atoms with Crippen molar-refractivity contribution in [1.82, 2.24) is 15.3 Å². The highest BCUT2D eigenvalue weighted by Crippen LogP contribution is 2.40. The van der Waals surface area contributed by atoms with E-state index in [0.29, 0.717) is 28.8 Å². The first kappa shape index (κ1) is 25.4. The zero-order valence-electron chi connectivity index (χ0n) is 20.2. The maximum Gasteiger partial charge on any atom is 0.326 e. The molecule has 1 heterocycles. The van der Waals surface area contributed by atoms with Gasteiger partial charge < -0.3 is 25.4 Å². The summed E-state index contributed by atoms with van der Waals surface area (Å²) in [5.41, 5.74) is 3.06. The van der Waals surface area contributed by atoms with E-state index in [1.165, 1.54) is 0 Å². The van der Waals surface area contributed by atoms with E-state index in [1.807, 2.05) is 17.0 Å². The molecule has 4 rings (SSSR count). The largest absolute Gasteiger partial charge is 0.481 e. The van der Waals surface area contributed by atoms with Gasteiger partial charge in [-0.3, -0.25) is 14.4 Å². The smallest absolute Gasteiger partial charge is 0.326 e. The van der Waals surface area contributed by atoms with E-state index in [2.05, 4.69) is 21.2 Å². The molecule has 1 aliphatic rings. The number of carboxylic acids is 2. The number of rotatable bonds is 9. The molecule has 2 aromatic carbocycles. The third-order valence-corrected chi connectivity index (χ3v) is 6.48. The first-order chi connectivity index (χ1) is 17.7. The number of terminal acetylenes is 1. The number of aromatic amines is 1. The molecule has 10 nitrogen and oxygen atoms in total. The number of aromatic nitrogens is 2. The number of carbonyl (C=O) groups excluding carboxylic acids is 1. The number of H-pyrrole nitrogens is 1. The van der Waals surface area contributed by atoms with Crippen LogP contribution in [-0.2, 0) is 16.0 Å². The van der Waals surface area contributed by atoms with Crippen molar-refractivity contribution in [3.05, 3.63) is 69.3 Å². The number of anilines is 1. The Morgan fingerprint density at radius 3 is 2.73 bits per heavy atom. The number of aryl methyl sites for hydroxylation is 2. The van der Waals surface area contributed by atoms with Crippen LogP contribution in [0.25, 0.3) is 10.9 Å². The number of hydrogen-bond donors (Lipinski definition) is 4. The fourth-order valence-corrected chi connectivity index (χ4v) is 4.80. The molecule has 0 fully saturated rings. The average Bonchev–Trinajstić information content (AvgIpc) is 3.26. The van der Waals surface area contributed by atoms with E-state index in [4.69, 9.17) is 11.5 Å². The Kier molecular flexibility index (Phi) is 7.25. The van der Waals surface area contributed by atoms with Gasteiger partial charge in [0, 0.05) is 6.42 Å². The number of para-hydroxylation sites is 1. The Labute approximate surface area is 212 Å². The number of benzene rings is 2. The summed E-state index contributed by atoms with van der Waals surface area (Å²) in [6.45, 7) is 1.89. The molecule has 1 aliphatic carbocycles.